The lowest BCUT2D eigenvalue weighted by atomic mass is 10.4. The Balaban J connectivity index is 2.89. The molecule has 0 unspecified atom stereocenters. The highest BCUT2D eigenvalue weighted by molar-refractivity contribution is 5.71. The molecular weight excluding hydrogens is 198 g/mol. The monoisotopic (exact) mass is 219 g/mol. The van der Waals surface area contributed by atoms with Gasteiger partial charge in [0.2, 0.25) is 0 Å². The molecule has 0 aromatic carbocycles. The van der Waals surface area contributed by atoms with Crippen molar-refractivity contribution in [2.24, 2.45) is 5.73 Å². The molecule has 2 amide bonds. The molecule has 0 aromatic heterocycles. The lowest BCUT2D eigenvalue weighted by Gasteiger charge is -2.05. The van der Waals surface area contributed by atoms with E-state index < -0.39 is 6.03 Å². The molecule has 0 aliphatic heterocycles. The molecule has 6 heteroatoms. The molecule has 0 radical (unpaired) electrons. The highest BCUT2D eigenvalue weighted by Crippen LogP contribution is 1.81. The number of carbonyl (C=O) groups excluding carboxylic acids is 1. The van der Waals surface area contributed by atoms with E-state index >= 15 is 0 Å². The van der Waals surface area contributed by atoms with Gasteiger partial charge in [-0.1, -0.05) is 0 Å². The second kappa shape index (κ2) is 11.2. The molecule has 0 aliphatic rings. The van der Waals surface area contributed by atoms with E-state index in [9.17, 15) is 4.79 Å². The van der Waals surface area contributed by atoms with Crippen molar-refractivity contribution in [3.05, 3.63) is 0 Å². The topological polar surface area (TPSA) is 85.6 Å². The minimum atomic E-state index is -0.486. The Bertz CT molecular complexity index is 156. The molecule has 90 valence electrons. The number of nitrogens with two attached hydrogens (primary N) is 1. The first kappa shape index (κ1) is 14.2. The largest absolute Gasteiger partial charge is 0.382 e. The molecule has 4 N–H and O–H groups in total. The second-order valence-corrected chi connectivity index (χ2v) is 3.00. The summed E-state index contributed by atoms with van der Waals surface area (Å²) in [5, 5.41) is 5.64. The van der Waals surface area contributed by atoms with Crippen LogP contribution in [0.4, 0.5) is 4.79 Å². The molecule has 0 aromatic rings. The third-order valence-electron chi connectivity index (χ3n) is 1.68. The van der Waals surface area contributed by atoms with Crippen LogP contribution in [0.5, 0.6) is 0 Å². The number of rotatable bonds is 10. The van der Waals surface area contributed by atoms with Gasteiger partial charge >= 0.3 is 6.03 Å². The summed E-state index contributed by atoms with van der Waals surface area (Å²) in [7, 11) is 1.65. The Labute approximate surface area is 90.5 Å². The van der Waals surface area contributed by atoms with Crippen molar-refractivity contribution in [3.8, 4) is 0 Å². The van der Waals surface area contributed by atoms with Gasteiger partial charge in [0, 0.05) is 26.8 Å². The van der Waals surface area contributed by atoms with Crippen LogP contribution < -0.4 is 16.4 Å². The zero-order chi connectivity index (χ0) is 11.4. The summed E-state index contributed by atoms with van der Waals surface area (Å²) in [6.07, 6.45) is 0.945. The van der Waals surface area contributed by atoms with Gasteiger partial charge in [-0.05, 0) is 13.0 Å². The van der Waals surface area contributed by atoms with E-state index in [1.165, 1.54) is 0 Å². The van der Waals surface area contributed by atoms with E-state index in [-0.39, 0.29) is 0 Å². The van der Waals surface area contributed by atoms with Crippen LogP contribution in [0.2, 0.25) is 0 Å². The van der Waals surface area contributed by atoms with Crippen LogP contribution in [0.3, 0.4) is 0 Å². The van der Waals surface area contributed by atoms with Crippen molar-refractivity contribution in [2.45, 2.75) is 6.42 Å². The lowest BCUT2D eigenvalue weighted by molar-refractivity contribution is 0.0695. The zero-order valence-corrected chi connectivity index (χ0v) is 9.25. The van der Waals surface area contributed by atoms with Crippen molar-refractivity contribution < 1.29 is 14.3 Å². The average molecular weight is 219 g/mol. The fourth-order valence-electron chi connectivity index (χ4n) is 0.943. The molecule has 0 atom stereocenters. The van der Waals surface area contributed by atoms with Crippen molar-refractivity contribution in [3.63, 3.8) is 0 Å². The third-order valence-corrected chi connectivity index (χ3v) is 1.68. The van der Waals surface area contributed by atoms with E-state index in [0.717, 1.165) is 26.1 Å². The normalized spacial score (nSPS) is 10.2. The number of hydrogen-bond acceptors (Lipinski definition) is 4. The number of methoxy groups -OCH3 is 1. The van der Waals surface area contributed by atoms with E-state index in [2.05, 4.69) is 10.6 Å². The van der Waals surface area contributed by atoms with Crippen molar-refractivity contribution in [1.82, 2.24) is 10.6 Å². The Hall–Kier alpha value is -0.850. The van der Waals surface area contributed by atoms with Gasteiger partial charge in [-0.15, -0.1) is 0 Å². The van der Waals surface area contributed by atoms with Crippen LogP contribution in [0.25, 0.3) is 0 Å². The second-order valence-electron chi connectivity index (χ2n) is 3.00. The van der Waals surface area contributed by atoms with Gasteiger partial charge in [0.25, 0.3) is 0 Å². The Morgan fingerprint density at radius 2 is 2.00 bits per heavy atom. The van der Waals surface area contributed by atoms with Gasteiger partial charge < -0.3 is 25.8 Å². The quantitative estimate of drug-likeness (QED) is 0.424. The molecule has 0 spiro atoms. The summed E-state index contributed by atoms with van der Waals surface area (Å²) < 4.78 is 10.1. The van der Waals surface area contributed by atoms with Gasteiger partial charge in [0.1, 0.15) is 0 Å². The maximum atomic E-state index is 10.3. The van der Waals surface area contributed by atoms with Crippen LogP contribution in [0.15, 0.2) is 0 Å². The van der Waals surface area contributed by atoms with Crippen LogP contribution in [-0.2, 0) is 9.47 Å². The molecule has 0 rings (SSSR count). The number of carbonyl (C=O) groups is 1. The molecule has 15 heavy (non-hydrogen) atoms. The SMILES string of the molecule is COCCOCCCNCCNC(N)=O. The highest BCUT2D eigenvalue weighted by atomic mass is 16.5. The number of hydrogen-bond donors (Lipinski definition) is 3. The molecule has 0 saturated carbocycles. The first-order chi connectivity index (χ1) is 7.27. The molecular formula is C9H21N3O3. The van der Waals surface area contributed by atoms with Gasteiger partial charge in [-0.3, -0.25) is 0 Å². The first-order valence-corrected chi connectivity index (χ1v) is 5.08. The van der Waals surface area contributed by atoms with E-state index in [1.807, 2.05) is 0 Å². The maximum absolute atomic E-state index is 10.3. The molecule has 0 fully saturated rings. The van der Waals surface area contributed by atoms with E-state index in [0.29, 0.717) is 19.8 Å². The lowest BCUT2D eigenvalue weighted by Crippen LogP contribution is -2.35. The minimum absolute atomic E-state index is 0.486. The number of amides is 2. The van der Waals surface area contributed by atoms with Gasteiger partial charge in [0.05, 0.1) is 13.2 Å². The van der Waals surface area contributed by atoms with Gasteiger partial charge in [-0.25, -0.2) is 4.79 Å². The summed E-state index contributed by atoms with van der Waals surface area (Å²) in [6, 6.07) is -0.486. The molecule has 0 saturated heterocycles. The fourth-order valence-corrected chi connectivity index (χ4v) is 0.943. The van der Waals surface area contributed by atoms with E-state index in [1.54, 1.807) is 7.11 Å². The predicted octanol–water partition coefficient (Wildman–Crippen LogP) is -0.703. The molecule has 0 bridgehead atoms. The fraction of sp³-hybridized carbons (Fsp3) is 0.889. The van der Waals surface area contributed by atoms with Crippen molar-refractivity contribution in [2.75, 3.05) is 46.6 Å². The van der Waals surface area contributed by atoms with Crippen molar-refractivity contribution in [1.29, 1.82) is 0 Å². The smallest absolute Gasteiger partial charge is 0.312 e. The molecule has 0 heterocycles. The summed E-state index contributed by atoms with van der Waals surface area (Å²) >= 11 is 0. The summed E-state index contributed by atoms with van der Waals surface area (Å²) in [6.45, 7) is 4.14. The highest BCUT2D eigenvalue weighted by Gasteiger charge is 1.91. The van der Waals surface area contributed by atoms with Gasteiger partial charge in [0.15, 0.2) is 0 Å². The Kier molecular flexibility index (Phi) is 10.6. The zero-order valence-electron chi connectivity index (χ0n) is 9.25. The Morgan fingerprint density at radius 1 is 1.20 bits per heavy atom. The predicted molar refractivity (Wildman–Crippen MR) is 57.8 cm³/mol. The van der Waals surface area contributed by atoms with Crippen LogP contribution >= 0.6 is 0 Å². The van der Waals surface area contributed by atoms with Crippen LogP contribution in [-0.4, -0.2) is 52.6 Å². The van der Waals surface area contributed by atoms with E-state index in [4.69, 9.17) is 15.2 Å². The van der Waals surface area contributed by atoms with Crippen molar-refractivity contribution >= 4 is 6.03 Å². The van der Waals surface area contributed by atoms with Gasteiger partial charge in [-0.2, -0.15) is 0 Å². The minimum Gasteiger partial charge on any atom is -0.382 e. The summed E-state index contributed by atoms with van der Waals surface area (Å²) in [5.41, 5.74) is 4.89. The third kappa shape index (κ3) is 13.2. The van der Waals surface area contributed by atoms with Crippen LogP contribution in [0.1, 0.15) is 6.42 Å². The number of ether oxygens (including phenoxy) is 2. The molecule has 6 nitrogen and oxygen atoms in total. The summed E-state index contributed by atoms with van der Waals surface area (Å²) in [4.78, 5) is 10.3. The standard InChI is InChI=1S/C9H21N3O3/c1-14-7-8-15-6-2-3-11-4-5-12-9(10)13/h11H,2-8H2,1H3,(H3,10,12,13). The first-order valence-electron chi connectivity index (χ1n) is 5.08. The number of nitrogens with one attached hydrogen (secondary N) is 2. The molecule has 0 aliphatic carbocycles. The van der Waals surface area contributed by atoms with Crippen LogP contribution in [0, 0.1) is 0 Å². The Morgan fingerprint density at radius 3 is 2.67 bits per heavy atom. The maximum Gasteiger partial charge on any atom is 0.312 e. The number of primary amides is 1. The summed E-state index contributed by atoms with van der Waals surface area (Å²) in [5.74, 6) is 0. The number of urea groups is 1. The average Bonchev–Trinajstić information content (AvgIpc) is 2.20.